The minimum atomic E-state index is -0.683. The molecule has 0 radical (unpaired) electrons. The number of halogens is 2. The first kappa shape index (κ1) is 19.7. The fourth-order valence-corrected chi connectivity index (χ4v) is 3.62. The van der Waals surface area contributed by atoms with Crippen LogP contribution in [0.25, 0.3) is 11.3 Å². The van der Waals surface area contributed by atoms with Crippen LogP contribution in [0.3, 0.4) is 0 Å². The number of carbonyl (C=O) groups excluding carboxylic acids is 1. The second kappa shape index (κ2) is 8.30. The number of hydrogen-bond acceptors (Lipinski definition) is 4. The van der Waals surface area contributed by atoms with Crippen LogP contribution < -0.4 is 10.1 Å². The van der Waals surface area contributed by atoms with E-state index in [0.29, 0.717) is 20.9 Å². The normalized spacial score (nSPS) is 11.9. The number of aryl methyl sites for hydroxylation is 2. The lowest BCUT2D eigenvalue weighted by atomic mass is 10.1. The molecule has 2 aromatic carbocycles. The number of nitrogens with zero attached hydrogens (tertiary/aromatic N) is 1. The highest BCUT2D eigenvalue weighted by Gasteiger charge is 2.18. The second-order valence-electron chi connectivity index (χ2n) is 6.14. The van der Waals surface area contributed by atoms with Gasteiger partial charge in [0.05, 0.1) is 5.69 Å². The van der Waals surface area contributed by atoms with Gasteiger partial charge in [-0.2, -0.15) is 0 Å². The molecule has 7 heteroatoms. The third-order valence-corrected chi connectivity index (χ3v) is 5.66. The molecule has 140 valence electrons. The van der Waals surface area contributed by atoms with Gasteiger partial charge in [0, 0.05) is 21.0 Å². The first-order chi connectivity index (χ1) is 12.8. The van der Waals surface area contributed by atoms with Crippen LogP contribution >= 0.6 is 34.5 Å². The van der Waals surface area contributed by atoms with Crippen LogP contribution in [0.15, 0.2) is 41.8 Å². The number of anilines is 1. The average Bonchev–Trinajstić information content (AvgIpc) is 3.08. The summed E-state index contributed by atoms with van der Waals surface area (Å²) < 4.78 is 5.76. The molecule has 0 bridgehead atoms. The van der Waals surface area contributed by atoms with Crippen molar-refractivity contribution in [3.8, 4) is 17.0 Å². The highest BCUT2D eigenvalue weighted by Crippen LogP contribution is 2.30. The monoisotopic (exact) mass is 420 g/mol. The van der Waals surface area contributed by atoms with Crippen LogP contribution in [0.1, 0.15) is 18.1 Å². The Labute approximate surface area is 172 Å². The Morgan fingerprint density at radius 1 is 1.19 bits per heavy atom. The summed E-state index contributed by atoms with van der Waals surface area (Å²) in [6.07, 6.45) is -0.683. The summed E-state index contributed by atoms with van der Waals surface area (Å²) in [6.45, 7) is 5.49. The Morgan fingerprint density at radius 3 is 2.52 bits per heavy atom. The molecule has 3 rings (SSSR count). The van der Waals surface area contributed by atoms with E-state index in [-0.39, 0.29) is 5.91 Å². The summed E-state index contributed by atoms with van der Waals surface area (Å²) in [6, 6.07) is 11.1. The van der Waals surface area contributed by atoms with Gasteiger partial charge in [-0.1, -0.05) is 41.4 Å². The Kier molecular flexibility index (Phi) is 6.05. The van der Waals surface area contributed by atoms with Gasteiger partial charge < -0.3 is 4.74 Å². The molecule has 0 aliphatic rings. The number of benzene rings is 2. The molecular formula is C20H18Cl2N2O2S. The third-order valence-electron chi connectivity index (χ3n) is 3.98. The molecule has 1 unspecified atom stereocenters. The molecule has 0 aliphatic heterocycles. The van der Waals surface area contributed by atoms with E-state index in [4.69, 9.17) is 27.9 Å². The first-order valence-electron chi connectivity index (χ1n) is 8.30. The van der Waals surface area contributed by atoms with Crippen molar-refractivity contribution in [1.82, 2.24) is 4.98 Å². The predicted molar refractivity (Wildman–Crippen MR) is 112 cm³/mol. The zero-order valence-electron chi connectivity index (χ0n) is 15.0. The molecule has 27 heavy (non-hydrogen) atoms. The molecule has 0 saturated heterocycles. The van der Waals surface area contributed by atoms with Gasteiger partial charge in [0.1, 0.15) is 5.75 Å². The summed E-state index contributed by atoms with van der Waals surface area (Å²) in [4.78, 5) is 16.9. The van der Waals surface area contributed by atoms with Crippen LogP contribution in [0.5, 0.6) is 5.75 Å². The maximum absolute atomic E-state index is 12.4. The average molecular weight is 421 g/mol. The molecule has 3 aromatic rings. The van der Waals surface area contributed by atoms with Crippen molar-refractivity contribution in [2.45, 2.75) is 26.9 Å². The number of thiazole rings is 1. The minimum Gasteiger partial charge on any atom is -0.481 e. The Hall–Kier alpha value is -2.08. The fraction of sp³-hybridized carbons (Fsp3) is 0.200. The van der Waals surface area contributed by atoms with Crippen LogP contribution in [-0.2, 0) is 4.79 Å². The van der Waals surface area contributed by atoms with Gasteiger partial charge in [-0.3, -0.25) is 10.1 Å². The number of aromatic nitrogens is 1. The topological polar surface area (TPSA) is 51.2 Å². The third kappa shape index (κ3) is 4.61. The molecule has 0 spiro atoms. The lowest BCUT2D eigenvalue weighted by molar-refractivity contribution is -0.122. The number of amides is 1. The predicted octanol–water partition coefficient (Wildman–Crippen LogP) is 6.14. The van der Waals surface area contributed by atoms with Crippen molar-refractivity contribution in [2.75, 3.05) is 5.32 Å². The first-order valence-corrected chi connectivity index (χ1v) is 9.93. The molecule has 1 heterocycles. The number of ether oxygens (including phenoxy) is 1. The summed E-state index contributed by atoms with van der Waals surface area (Å²) in [7, 11) is 0. The second-order valence-corrected chi connectivity index (χ2v) is 7.78. The van der Waals surface area contributed by atoms with Crippen molar-refractivity contribution in [1.29, 1.82) is 0 Å². The maximum Gasteiger partial charge on any atom is 0.266 e. The van der Waals surface area contributed by atoms with Crippen molar-refractivity contribution >= 4 is 45.6 Å². The number of rotatable bonds is 5. The smallest absolute Gasteiger partial charge is 0.266 e. The van der Waals surface area contributed by atoms with Gasteiger partial charge in [-0.05, 0) is 50.1 Å². The molecule has 0 saturated carbocycles. The SMILES string of the molecule is Cc1cc(OC(C)C(=O)Nc2nc(-c3ccccc3Cl)cs2)cc(C)c1Cl. The van der Waals surface area contributed by atoms with E-state index >= 15 is 0 Å². The number of carbonyl (C=O) groups is 1. The largest absolute Gasteiger partial charge is 0.481 e. The van der Waals surface area contributed by atoms with Gasteiger partial charge in [0.15, 0.2) is 11.2 Å². The number of hydrogen-bond donors (Lipinski definition) is 1. The summed E-state index contributed by atoms with van der Waals surface area (Å²) >= 11 is 13.7. The zero-order chi connectivity index (χ0) is 19.6. The quantitative estimate of drug-likeness (QED) is 0.538. The van der Waals surface area contributed by atoms with Crippen molar-refractivity contribution in [3.05, 3.63) is 63.0 Å². The minimum absolute atomic E-state index is 0.277. The van der Waals surface area contributed by atoms with Gasteiger partial charge in [0.2, 0.25) is 0 Å². The number of nitrogens with one attached hydrogen (secondary N) is 1. The van der Waals surface area contributed by atoms with Crippen LogP contribution in [0.4, 0.5) is 5.13 Å². The van der Waals surface area contributed by atoms with E-state index in [9.17, 15) is 4.79 Å². The van der Waals surface area contributed by atoms with Crippen molar-refractivity contribution < 1.29 is 9.53 Å². The van der Waals surface area contributed by atoms with E-state index in [1.165, 1.54) is 11.3 Å². The van der Waals surface area contributed by atoms with E-state index in [2.05, 4.69) is 10.3 Å². The van der Waals surface area contributed by atoms with Crippen molar-refractivity contribution in [2.24, 2.45) is 0 Å². The Morgan fingerprint density at radius 2 is 1.85 bits per heavy atom. The maximum atomic E-state index is 12.4. The lowest BCUT2D eigenvalue weighted by Crippen LogP contribution is -2.30. The summed E-state index contributed by atoms with van der Waals surface area (Å²) in [5.74, 6) is 0.327. The van der Waals surface area contributed by atoms with Gasteiger partial charge >= 0.3 is 0 Å². The van der Waals surface area contributed by atoms with Gasteiger partial charge in [-0.15, -0.1) is 11.3 Å². The highest BCUT2D eigenvalue weighted by atomic mass is 35.5. The molecule has 4 nitrogen and oxygen atoms in total. The lowest BCUT2D eigenvalue weighted by Gasteiger charge is -2.15. The van der Waals surface area contributed by atoms with Crippen LogP contribution in [0, 0.1) is 13.8 Å². The molecule has 1 atom stereocenters. The fourth-order valence-electron chi connectivity index (χ4n) is 2.56. The van der Waals surface area contributed by atoms with Crippen LogP contribution in [-0.4, -0.2) is 17.0 Å². The highest BCUT2D eigenvalue weighted by molar-refractivity contribution is 7.14. The standard InChI is InChI=1S/C20H18Cl2N2O2S/c1-11-8-14(9-12(2)18(11)22)26-13(3)19(25)24-20-23-17(10-27-20)15-6-4-5-7-16(15)21/h4-10,13H,1-3H3,(H,23,24,25). The van der Waals surface area contributed by atoms with Crippen molar-refractivity contribution in [3.63, 3.8) is 0 Å². The summed E-state index contributed by atoms with van der Waals surface area (Å²) in [5, 5.41) is 6.46. The molecular weight excluding hydrogens is 403 g/mol. The molecule has 1 N–H and O–H groups in total. The van der Waals surface area contributed by atoms with Gasteiger partial charge in [0.25, 0.3) is 5.91 Å². The van der Waals surface area contributed by atoms with Gasteiger partial charge in [-0.25, -0.2) is 4.98 Å². The Bertz CT molecular complexity index is 965. The Balaban J connectivity index is 1.68. The van der Waals surface area contributed by atoms with Crippen LogP contribution in [0.2, 0.25) is 10.0 Å². The van der Waals surface area contributed by atoms with E-state index < -0.39 is 6.10 Å². The molecule has 1 aromatic heterocycles. The molecule has 0 aliphatic carbocycles. The summed E-state index contributed by atoms with van der Waals surface area (Å²) in [5.41, 5.74) is 3.36. The van der Waals surface area contributed by atoms with E-state index in [0.717, 1.165) is 22.4 Å². The zero-order valence-corrected chi connectivity index (χ0v) is 17.4. The van der Waals surface area contributed by atoms with E-state index in [1.54, 1.807) is 13.0 Å². The molecule has 0 fully saturated rings. The molecule has 1 amide bonds. The van der Waals surface area contributed by atoms with E-state index in [1.807, 2.05) is 49.6 Å².